The average molecular weight is 418 g/mol. The summed E-state index contributed by atoms with van der Waals surface area (Å²) in [5, 5.41) is 0.825. The van der Waals surface area contributed by atoms with Crippen LogP contribution in [0.4, 0.5) is 0 Å². The van der Waals surface area contributed by atoms with Gasteiger partial charge in [0.15, 0.2) is 0 Å². The summed E-state index contributed by atoms with van der Waals surface area (Å²) in [6, 6.07) is 7.60. The van der Waals surface area contributed by atoms with Crippen molar-refractivity contribution in [3.63, 3.8) is 0 Å². The Bertz CT molecular complexity index is 1120. The molecule has 0 aliphatic carbocycles. The summed E-state index contributed by atoms with van der Waals surface area (Å²) in [4.78, 5) is 41.0. The molecular formula is C21H27N3O4S. The molecule has 2 heterocycles. The lowest BCUT2D eigenvalue weighted by molar-refractivity contribution is -0.131. The van der Waals surface area contributed by atoms with Gasteiger partial charge in [0, 0.05) is 30.3 Å². The van der Waals surface area contributed by atoms with Crippen LogP contribution < -0.4 is 11.2 Å². The maximum Gasteiger partial charge on any atom is 0.332 e. The van der Waals surface area contributed by atoms with Gasteiger partial charge in [-0.1, -0.05) is 32.0 Å². The van der Waals surface area contributed by atoms with Crippen LogP contribution in [0.5, 0.6) is 0 Å². The van der Waals surface area contributed by atoms with Gasteiger partial charge in [0.25, 0.3) is 5.56 Å². The lowest BCUT2D eigenvalue weighted by Crippen LogP contribution is -2.44. The number of rotatable bonds is 9. The van der Waals surface area contributed by atoms with Crippen LogP contribution in [0, 0.1) is 0 Å². The van der Waals surface area contributed by atoms with Crippen LogP contribution >= 0.6 is 11.3 Å². The third kappa shape index (κ3) is 4.13. The Labute approximate surface area is 173 Å². The second-order valence-electron chi connectivity index (χ2n) is 6.98. The second-order valence-corrected chi connectivity index (χ2v) is 8.03. The minimum absolute atomic E-state index is 0.0800. The van der Waals surface area contributed by atoms with E-state index in [0.29, 0.717) is 23.3 Å². The summed E-state index contributed by atoms with van der Waals surface area (Å²) in [6.45, 7) is 5.67. The Balaban J connectivity index is 2.21. The summed E-state index contributed by atoms with van der Waals surface area (Å²) in [6.07, 6.45) is 1.70. The fourth-order valence-electron chi connectivity index (χ4n) is 3.56. The number of amides is 1. The van der Waals surface area contributed by atoms with Crippen molar-refractivity contribution in [1.82, 2.24) is 14.0 Å². The molecule has 0 saturated carbocycles. The Morgan fingerprint density at radius 2 is 1.79 bits per heavy atom. The SMILES string of the molecule is CCCN(CCC)C(=O)Cn1c(=O)n(CCOC)c(=O)c2sc3ccccc3c21. The van der Waals surface area contributed by atoms with Crippen molar-refractivity contribution in [2.75, 3.05) is 26.8 Å². The normalized spacial score (nSPS) is 11.4. The van der Waals surface area contributed by atoms with Crippen LogP contribution in [0.25, 0.3) is 20.3 Å². The number of hydrogen-bond acceptors (Lipinski definition) is 5. The first-order chi connectivity index (χ1) is 14.0. The van der Waals surface area contributed by atoms with Crippen molar-refractivity contribution in [1.29, 1.82) is 0 Å². The number of ether oxygens (including phenoxy) is 1. The zero-order chi connectivity index (χ0) is 21.0. The van der Waals surface area contributed by atoms with Crippen molar-refractivity contribution in [3.8, 4) is 0 Å². The van der Waals surface area contributed by atoms with E-state index in [1.54, 1.807) is 4.90 Å². The molecule has 0 fully saturated rings. The van der Waals surface area contributed by atoms with E-state index in [2.05, 4.69) is 0 Å². The van der Waals surface area contributed by atoms with Crippen molar-refractivity contribution in [3.05, 3.63) is 45.1 Å². The zero-order valence-electron chi connectivity index (χ0n) is 17.1. The molecule has 0 atom stereocenters. The number of carbonyl (C=O) groups is 1. The molecule has 0 spiro atoms. The number of fused-ring (bicyclic) bond motifs is 3. The van der Waals surface area contributed by atoms with E-state index in [4.69, 9.17) is 4.74 Å². The van der Waals surface area contributed by atoms with Crippen LogP contribution in [0.3, 0.4) is 0 Å². The zero-order valence-corrected chi connectivity index (χ0v) is 18.0. The van der Waals surface area contributed by atoms with E-state index in [1.807, 2.05) is 38.1 Å². The van der Waals surface area contributed by atoms with Crippen LogP contribution in [0.1, 0.15) is 26.7 Å². The summed E-state index contributed by atoms with van der Waals surface area (Å²) in [7, 11) is 1.53. The highest BCUT2D eigenvalue weighted by molar-refractivity contribution is 7.25. The number of thiophene rings is 1. The van der Waals surface area contributed by atoms with E-state index in [0.717, 1.165) is 22.9 Å². The van der Waals surface area contributed by atoms with Gasteiger partial charge < -0.3 is 9.64 Å². The Morgan fingerprint density at radius 3 is 2.45 bits per heavy atom. The maximum absolute atomic E-state index is 13.2. The largest absolute Gasteiger partial charge is 0.383 e. The molecule has 0 saturated heterocycles. The van der Waals surface area contributed by atoms with Gasteiger partial charge in [-0.2, -0.15) is 0 Å². The fourth-order valence-corrected chi connectivity index (χ4v) is 4.71. The van der Waals surface area contributed by atoms with E-state index >= 15 is 0 Å². The molecule has 3 aromatic rings. The van der Waals surface area contributed by atoms with Gasteiger partial charge in [0.1, 0.15) is 11.2 Å². The third-order valence-electron chi connectivity index (χ3n) is 4.89. The molecule has 0 radical (unpaired) electrons. The van der Waals surface area contributed by atoms with E-state index in [9.17, 15) is 14.4 Å². The first-order valence-corrected chi connectivity index (χ1v) is 10.8. The Morgan fingerprint density at radius 1 is 1.10 bits per heavy atom. The van der Waals surface area contributed by atoms with Crippen LogP contribution in [-0.4, -0.2) is 46.7 Å². The Kier molecular flexibility index (Phi) is 6.87. The Hall–Kier alpha value is -2.45. The monoisotopic (exact) mass is 417 g/mol. The topological polar surface area (TPSA) is 73.5 Å². The van der Waals surface area contributed by atoms with Crippen molar-refractivity contribution in [2.24, 2.45) is 0 Å². The van der Waals surface area contributed by atoms with Crippen LogP contribution in [-0.2, 0) is 22.6 Å². The number of aromatic nitrogens is 2. The third-order valence-corrected chi connectivity index (χ3v) is 6.04. The molecule has 0 N–H and O–H groups in total. The quantitative estimate of drug-likeness (QED) is 0.537. The predicted octanol–water partition coefficient (Wildman–Crippen LogP) is 2.67. The highest BCUT2D eigenvalue weighted by atomic mass is 32.1. The summed E-state index contributed by atoms with van der Waals surface area (Å²) in [5.74, 6) is -0.107. The maximum atomic E-state index is 13.2. The molecule has 0 aliphatic rings. The highest BCUT2D eigenvalue weighted by Gasteiger charge is 2.21. The number of hydrogen-bond donors (Lipinski definition) is 0. The van der Waals surface area contributed by atoms with Crippen LogP contribution in [0.2, 0.25) is 0 Å². The molecule has 7 nitrogen and oxygen atoms in total. The average Bonchev–Trinajstić information content (AvgIpc) is 3.10. The molecule has 29 heavy (non-hydrogen) atoms. The van der Waals surface area contributed by atoms with E-state index in [1.165, 1.54) is 27.6 Å². The van der Waals surface area contributed by atoms with Gasteiger partial charge in [0.2, 0.25) is 5.91 Å². The summed E-state index contributed by atoms with van der Waals surface area (Å²) in [5.41, 5.74) is -0.245. The minimum Gasteiger partial charge on any atom is -0.383 e. The first kappa shape index (κ1) is 21.3. The standard InChI is InChI=1S/C21H27N3O4S/c1-4-10-22(11-5-2)17(25)14-24-18-15-8-6-7-9-16(15)29-19(18)20(26)23(21(24)27)12-13-28-3/h6-9H,4-5,10-14H2,1-3H3. The lowest BCUT2D eigenvalue weighted by Gasteiger charge is -2.22. The van der Waals surface area contributed by atoms with Gasteiger partial charge in [-0.3, -0.25) is 18.7 Å². The first-order valence-electron chi connectivity index (χ1n) is 9.95. The van der Waals surface area contributed by atoms with Gasteiger partial charge >= 0.3 is 5.69 Å². The molecule has 2 aromatic heterocycles. The van der Waals surface area contributed by atoms with Gasteiger partial charge in [-0.05, 0) is 18.9 Å². The molecular weight excluding hydrogens is 390 g/mol. The molecule has 1 aromatic carbocycles. The number of methoxy groups -OCH3 is 1. The van der Waals surface area contributed by atoms with Crippen LogP contribution in [0.15, 0.2) is 33.9 Å². The smallest absolute Gasteiger partial charge is 0.332 e. The number of carbonyl (C=O) groups excluding carboxylic acids is 1. The van der Waals surface area contributed by atoms with Crippen molar-refractivity contribution < 1.29 is 9.53 Å². The molecule has 3 rings (SSSR count). The fraction of sp³-hybridized carbons (Fsp3) is 0.476. The molecule has 8 heteroatoms. The van der Waals surface area contributed by atoms with Crippen molar-refractivity contribution >= 4 is 37.5 Å². The number of nitrogens with zero attached hydrogens (tertiary/aromatic N) is 3. The molecule has 0 unspecified atom stereocenters. The predicted molar refractivity (Wildman–Crippen MR) is 117 cm³/mol. The molecule has 156 valence electrons. The molecule has 1 amide bonds. The minimum atomic E-state index is -0.468. The molecule has 0 bridgehead atoms. The highest BCUT2D eigenvalue weighted by Crippen LogP contribution is 2.30. The second kappa shape index (κ2) is 9.37. The lowest BCUT2D eigenvalue weighted by atomic mass is 10.2. The summed E-state index contributed by atoms with van der Waals surface area (Å²) < 4.78 is 9.13. The van der Waals surface area contributed by atoms with Gasteiger partial charge in [0.05, 0.1) is 18.7 Å². The van der Waals surface area contributed by atoms with Gasteiger partial charge in [-0.25, -0.2) is 4.79 Å². The van der Waals surface area contributed by atoms with E-state index < -0.39 is 5.69 Å². The summed E-state index contributed by atoms with van der Waals surface area (Å²) >= 11 is 1.36. The molecule has 0 aliphatic heterocycles. The van der Waals surface area contributed by atoms with Crippen molar-refractivity contribution in [2.45, 2.75) is 39.8 Å². The number of benzene rings is 1. The van der Waals surface area contributed by atoms with Gasteiger partial charge in [-0.15, -0.1) is 11.3 Å². The van der Waals surface area contributed by atoms with E-state index in [-0.39, 0.29) is 31.2 Å².